The van der Waals surface area contributed by atoms with Gasteiger partial charge >= 0.3 is 0 Å². The Balaban J connectivity index is 2.69. The van der Waals surface area contributed by atoms with E-state index in [2.05, 4.69) is 0 Å². The third-order valence-corrected chi connectivity index (χ3v) is 2.94. The van der Waals surface area contributed by atoms with Gasteiger partial charge in [-0.1, -0.05) is 35.9 Å². The molecule has 2 rings (SSSR count). The molecule has 2 aromatic rings. The Hall–Kier alpha value is -1.54. The Labute approximate surface area is 105 Å². The van der Waals surface area contributed by atoms with Gasteiger partial charge in [-0.2, -0.15) is 0 Å². The summed E-state index contributed by atoms with van der Waals surface area (Å²) in [7, 11) is 0. The minimum atomic E-state index is 0.00960. The lowest BCUT2D eigenvalue weighted by Crippen LogP contribution is -2.19. The number of rotatable bonds is 2. The molecule has 1 aromatic carbocycles. The molecule has 0 fully saturated rings. The van der Waals surface area contributed by atoms with Gasteiger partial charge in [0.1, 0.15) is 0 Å². The Morgan fingerprint density at radius 1 is 1.41 bits per heavy atom. The maximum atomic E-state index is 12.0. The van der Waals surface area contributed by atoms with Crippen LogP contribution in [0.5, 0.6) is 0 Å². The summed E-state index contributed by atoms with van der Waals surface area (Å²) in [6.07, 6.45) is 1.84. The zero-order valence-corrected chi connectivity index (χ0v) is 10.7. The van der Waals surface area contributed by atoms with Gasteiger partial charge in [-0.25, -0.2) is 0 Å². The zero-order chi connectivity index (χ0) is 12.4. The van der Waals surface area contributed by atoms with Crippen LogP contribution in [0, 0.1) is 6.92 Å². The average molecular weight is 248 g/mol. The monoisotopic (exact) mass is 247 g/mol. The van der Waals surface area contributed by atoms with E-state index in [9.17, 15) is 4.79 Å². The van der Waals surface area contributed by atoms with Crippen molar-refractivity contribution in [3.05, 3.63) is 57.4 Å². The number of hydrogen-bond donors (Lipinski definition) is 0. The van der Waals surface area contributed by atoms with Crippen LogP contribution in [0.2, 0.25) is 0 Å². The summed E-state index contributed by atoms with van der Waals surface area (Å²) in [4.78, 5) is 12.0. The minimum Gasteiger partial charge on any atom is -0.304 e. The molecule has 0 radical (unpaired) electrons. The van der Waals surface area contributed by atoms with Gasteiger partial charge in [-0.15, -0.1) is 0 Å². The second kappa shape index (κ2) is 4.76. The average Bonchev–Trinajstić information content (AvgIpc) is 2.28. The van der Waals surface area contributed by atoms with Gasteiger partial charge in [0, 0.05) is 23.0 Å². The molecule has 88 valence electrons. The number of hydrogen-bond acceptors (Lipinski definition) is 1. The van der Waals surface area contributed by atoms with Crippen LogP contribution in [0.25, 0.3) is 10.9 Å². The van der Waals surface area contributed by atoms with Crippen LogP contribution in [0.3, 0.4) is 0 Å². The quantitative estimate of drug-likeness (QED) is 0.797. The van der Waals surface area contributed by atoms with Crippen LogP contribution in [0.4, 0.5) is 0 Å². The predicted octanol–water partition coefficient (Wildman–Crippen LogP) is 3.45. The van der Waals surface area contributed by atoms with Gasteiger partial charge in [0.05, 0.1) is 5.52 Å². The maximum Gasteiger partial charge on any atom is 0.251 e. The van der Waals surface area contributed by atoms with Crippen molar-refractivity contribution in [3.8, 4) is 0 Å². The molecule has 0 aliphatic heterocycles. The van der Waals surface area contributed by atoms with E-state index in [1.807, 2.05) is 44.2 Å². The molecule has 0 amide bonds. The van der Waals surface area contributed by atoms with Crippen molar-refractivity contribution in [2.45, 2.75) is 20.4 Å². The number of nitrogens with zero attached hydrogens (tertiary/aromatic N) is 1. The molecular formula is C14H14ClNO. The minimum absolute atomic E-state index is 0.00960. The molecule has 0 aliphatic rings. The highest BCUT2D eigenvalue weighted by Gasteiger charge is 2.04. The van der Waals surface area contributed by atoms with Crippen molar-refractivity contribution >= 4 is 22.5 Å². The molecule has 0 N–H and O–H groups in total. The van der Waals surface area contributed by atoms with Crippen molar-refractivity contribution in [2.75, 3.05) is 0 Å². The molecule has 0 atom stereocenters. The number of halogens is 1. The van der Waals surface area contributed by atoms with Gasteiger partial charge < -0.3 is 4.57 Å². The maximum absolute atomic E-state index is 12.0. The fourth-order valence-corrected chi connectivity index (χ4v) is 1.98. The number of aryl methyl sites for hydroxylation is 1. The van der Waals surface area contributed by atoms with E-state index in [1.165, 1.54) is 0 Å². The smallest absolute Gasteiger partial charge is 0.251 e. The molecule has 0 aliphatic carbocycles. The second-order valence-corrected chi connectivity index (χ2v) is 4.68. The summed E-state index contributed by atoms with van der Waals surface area (Å²) in [5, 5.41) is 1.80. The summed E-state index contributed by atoms with van der Waals surface area (Å²) in [6.45, 7) is 4.27. The van der Waals surface area contributed by atoms with Crippen molar-refractivity contribution in [3.63, 3.8) is 0 Å². The molecule has 0 saturated carbocycles. The summed E-state index contributed by atoms with van der Waals surface area (Å²) in [6, 6.07) is 9.57. The molecule has 0 spiro atoms. The lowest BCUT2D eigenvalue weighted by molar-refractivity contribution is 0.813. The first-order chi connectivity index (χ1) is 8.09. The Kier molecular flexibility index (Phi) is 3.34. The van der Waals surface area contributed by atoms with Crippen LogP contribution in [-0.4, -0.2) is 4.57 Å². The molecule has 1 aromatic heterocycles. The van der Waals surface area contributed by atoms with Gasteiger partial charge in [0.25, 0.3) is 5.56 Å². The largest absolute Gasteiger partial charge is 0.304 e. The molecule has 0 saturated heterocycles. The highest BCUT2D eigenvalue weighted by molar-refractivity contribution is 6.29. The zero-order valence-electron chi connectivity index (χ0n) is 9.90. The van der Waals surface area contributed by atoms with Crippen LogP contribution < -0.4 is 5.56 Å². The van der Waals surface area contributed by atoms with Crippen molar-refractivity contribution in [1.29, 1.82) is 0 Å². The van der Waals surface area contributed by atoms with E-state index in [0.29, 0.717) is 11.6 Å². The van der Waals surface area contributed by atoms with Crippen LogP contribution in [-0.2, 0) is 6.54 Å². The highest BCUT2D eigenvalue weighted by atomic mass is 35.5. The fourth-order valence-electron chi connectivity index (χ4n) is 1.91. The van der Waals surface area contributed by atoms with Crippen LogP contribution in [0.15, 0.2) is 46.2 Å². The Bertz CT molecular complexity index is 636. The highest BCUT2D eigenvalue weighted by Crippen LogP contribution is 2.16. The van der Waals surface area contributed by atoms with E-state index in [0.717, 1.165) is 16.5 Å². The molecule has 2 nitrogen and oxygen atoms in total. The summed E-state index contributed by atoms with van der Waals surface area (Å²) >= 11 is 5.81. The van der Waals surface area contributed by atoms with E-state index in [-0.39, 0.29) is 5.56 Å². The van der Waals surface area contributed by atoms with Crippen molar-refractivity contribution < 1.29 is 0 Å². The number of pyridine rings is 1. The number of allylic oxidation sites excluding steroid dienone is 2. The first kappa shape index (κ1) is 11.9. The lowest BCUT2D eigenvalue weighted by atomic mass is 10.1. The first-order valence-electron chi connectivity index (χ1n) is 5.51. The standard InChI is InChI=1S/C14H14ClNO/c1-10-9-14(17)16(8-7-11(2)15)13-6-4-3-5-12(10)13/h3-7,9H,8H2,1-2H3/b11-7+. The Morgan fingerprint density at radius 2 is 2.12 bits per heavy atom. The second-order valence-electron chi connectivity index (χ2n) is 4.08. The number of benzene rings is 1. The van der Waals surface area contributed by atoms with E-state index >= 15 is 0 Å². The lowest BCUT2D eigenvalue weighted by Gasteiger charge is -2.09. The summed E-state index contributed by atoms with van der Waals surface area (Å²) in [5.41, 5.74) is 1.97. The van der Waals surface area contributed by atoms with E-state index < -0.39 is 0 Å². The Morgan fingerprint density at radius 3 is 2.82 bits per heavy atom. The molecule has 1 heterocycles. The van der Waals surface area contributed by atoms with Gasteiger partial charge in [0.2, 0.25) is 0 Å². The van der Waals surface area contributed by atoms with E-state index in [1.54, 1.807) is 10.6 Å². The third-order valence-electron chi connectivity index (χ3n) is 2.78. The summed E-state index contributed by atoms with van der Waals surface area (Å²) < 4.78 is 1.73. The molecule has 3 heteroatoms. The third kappa shape index (κ3) is 2.42. The van der Waals surface area contributed by atoms with E-state index in [4.69, 9.17) is 11.6 Å². The van der Waals surface area contributed by atoms with Gasteiger partial charge in [-0.05, 0) is 25.5 Å². The van der Waals surface area contributed by atoms with Crippen LogP contribution >= 0.6 is 11.6 Å². The number of fused-ring (bicyclic) bond motifs is 1. The number of aromatic nitrogens is 1. The molecule has 0 bridgehead atoms. The predicted molar refractivity (Wildman–Crippen MR) is 72.6 cm³/mol. The van der Waals surface area contributed by atoms with Crippen LogP contribution in [0.1, 0.15) is 12.5 Å². The van der Waals surface area contributed by atoms with Crippen molar-refractivity contribution in [2.24, 2.45) is 0 Å². The fraction of sp³-hybridized carbons (Fsp3) is 0.214. The molecular weight excluding hydrogens is 234 g/mol. The van der Waals surface area contributed by atoms with Gasteiger partial charge in [-0.3, -0.25) is 4.79 Å². The number of para-hydroxylation sites is 1. The molecule has 17 heavy (non-hydrogen) atoms. The molecule has 0 unspecified atom stereocenters. The SMILES string of the molecule is C/C(Cl)=C\Cn1c(=O)cc(C)c2ccccc21. The normalized spacial score (nSPS) is 12.1. The first-order valence-corrected chi connectivity index (χ1v) is 5.89. The topological polar surface area (TPSA) is 22.0 Å². The van der Waals surface area contributed by atoms with Gasteiger partial charge in [0.15, 0.2) is 0 Å². The summed E-state index contributed by atoms with van der Waals surface area (Å²) in [5.74, 6) is 0. The van der Waals surface area contributed by atoms with Crippen molar-refractivity contribution in [1.82, 2.24) is 4.57 Å².